The van der Waals surface area contributed by atoms with Gasteiger partial charge in [0.05, 0.1) is 0 Å². The standard InChI is InChI=1S/C34H40N2/c1-5-25-35(26-6-2)33-21-17-31(18-22-33)15-13-29-9-11-30(12-10-29)14-16-32-19-23-34(24-20-32)36(27-7-3)28-8-4/h9-12,17-24H,5-8,25-28H2,1-4H3. The first-order valence-corrected chi connectivity index (χ1v) is 13.5. The van der Waals surface area contributed by atoms with Gasteiger partial charge in [-0.2, -0.15) is 0 Å². The largest absolute Gasteiger partial charge is 0.372 e. The fourth-order valence-corrected chi connectivity index (χ4v) is 4.26. The van der Waals surface area contributed by atoms with Gasteiger partial charge < -0.3 is 9.80 Å². The maximum Gasteiger partial charge on any atom is 0.0367 e. The minimum Gasteiger partial charge on any atom is -0.372 e. The minimum absolute atomic E-state index is 1.000. The maximum atomic E-state index is 3.29. The van der Waals surface area contributed by atoms with Gasteiger partial charge in [-0.25, -0.2) is 0 Å². The van der Waals surface area contributed by atoms with Gasteiger partial charge in [0.25, 0.3) is 0 Å². The van der Waals surface area contributed by atoms with Crippen molar-refractivity contribution >= 4 is 11.4 Å². The number of hydrogen-bond acceptors (Lipinski definition) is 2. The van der Waals surface area contributed by atoms with Crippen LogP contribution in [0.25, 0.3) is 0 Å². The summed E-state index contributed by atoms with van der Waals surface area (Å²) in [4.78, 5) is 4.89. The Morgan fingerprint density at radius 3 is 0.833 bits per heavy atom. The summed E-state index contributed by atoms with van der Waals surface area (Å²) >= 11 is 0. The molecular weight excluding hydrogens is 436 g/mol. The summed E-state index contributed by atoms with van der Waals surface area (Å²) in [7, 11) is 0. The van der Waals surface area contributed by atoms with Crippen LogP contribution >= 0.6 is 0 Å². The van der Waals surface area contributed by atoms with E-state index in [0.717, 1.165) is 74.1 Å². The summed E-state index contributed by atoms with van der Waals surface area (Å²) in [5.41, 5.74) is 6.63. The molecule has 2 heteroatoms. The van der Waals surface area contributed by atoms with Crippen molar-refractivity contribution in [2.45, 2.75) is 53.4 Å². The third-order valence-electron chi connectivity index (χ3n) is 6.03. The fraction of sp³-hybridized carbons (Fsp3) is 0.353. The van der Waals surface area contributed by atoms with Crippen LogP contribution in [0.5, 0.6) is 0 Å². The van der Waals surface area contributed by atoms with Crippen molar-refractivity contribution in [1.29, 1.82) is 0 Å². The average molecular weight is 477 g/mol. The first-order chi connectivity index (χ1) is 17.7. The van der Waals surface area contributed by atoms with E-state index in [4.69, 9.17) is 0 Å². The zero-order chi connectivity index (χ0) is 25.6. The first kappa shape index (κ1) is 27.0. The van der Waals surface area contributed by atoms with Crippen LogP contribution in [-0.2, 0) is 0 Å². The van der Waals surface area contributed by atoms with Gasteiger partial charge >= 0.3 is 0 Å². The molecule has 3 rings (SSSR count). The molecule has 0 fully saturated rings. The molecule has 0 bridgehead atoms. The summed E-state index contributed by atoms with van der Waals surface area (Å²) in [5.74, 6) is 13.1. The predicted octanol–water partition coefficient (Wildman–Crippen LogP) is 7.74. The van der Waals surface area contributed by atoms with Crippen molar-refractivity contribution in [3.8, 4) is 23.7 Å². The van der Waals surface area contributed by atoms with E-state index in [0.29, 0.717) is 0 Å². The molecule has 186 valence electrons. The van der Waals surface area contributed by atoms with Crippen LogP contribution in [0.2, 0.25) is 0 Å². The summed E-state index contributed by atoms with van der Waals surface area (Å²) in [6.07, 6.45) is 4.63. The highest BCUT2D eigenvalue weighted by Gasteiger charge is 2.04. The maximum absolute atomic E-state index is 3.29. The number of anilines is 2. The lowest BCUT2D eigenvalue weighted by Gasteiger charge is -2.23. The van der Waals surface area contributed by atoms with Crippen LogP contribution < -0.4 is 9.80 Å². The van der Waals surface area contributed by atoms with E-state index >= 15 is 0 Å². The van der Waals surface area contributed by atoms with Crippen molar-refractivity contribution in [1.82, 2.24) is 0 Å². The lowest BCUT2D eigenvalue weighted by Crippen LogP contribution is -2.24. The smallest absolute Gasteiger partial charge is 0.0367 e. The normalized spacial score (nSPS) is 10.1. The van der Waals surface area contributed by atoms with E-state index in [1.807, 2.05) is 24.3 Å². The molecule has 2 nitrogen and oxygen atoms in total. The van der Waals surface area contributed by atoms with Gasteiger partial charge in [0.15, 0.2) is 0 Å². The Labute approximate surface area is 219 Å². The zero-order valence-electron chi connectivity index (χ0n) is 22.5. The molecule has 0 spiro atoms. The molecule has 0 saturated carbocycles. The fourth-order valence-electron chi connectivity index (χ4n) is 4.26. The van der Waals surface area contributed by atoms with Crippen LogP contribution in [0.1, 0.15) is 75.6 Å². The Morgan fingerprint density at radius 1 is 0.389 bits per heavy atom. The highest BCUT2D eigenvalue weighted by Crippen LogP contribution is 2.17. The molecular formula is C34H40N2. The Hall–Kier alpha value is -3.62. The lowest BCUT2D eigenvalue weighted by atomic mass is 10.1. The minimum atomic E-state index is 1.000. The molecule has 0 aliphatic heterocycles. The van der Waals surface area contributed by atoms with Crippen LogP contribution in [0.3, 0.4) is 0 Å². The van der Waals surface area contributed by atoms with Crippen LogP contribution in [0, 0.1) is 23.7 Å². The summed E-state index contributed by atoms with van der Waals surface area (Å²) in [6, 6.07) is 25.4. The number of benzene rings is 3. The van der Waals surface area contributed by atoms with Gasteiger partial charge in [0.1, 0.15) is 0 Å². The summed E-state index contributed by atoms with van der Waals surface area (Å²) < 4.78 is 0. The molecule has 3 aromatic rings. The average Bonchev–Trinajstić information content (AvgIpc) is 2.92. The van der Waals surface area contributed by atoms with Crippen LogP contribution in [-0.4, -0.2) is 26.2 Å². The Bertz CT molecular complexity index is 1060. The molecule has 0 heterocycles. The zero-order valence-corrected chi connectivity index (χ0v) is 22.5. The first-order valence-electron chi connectivity index (χ1n) is 13.5. The third kappa shape index (κ3) is 8.25. The molecule has 0 saturated heterocycles. The van der Waals surface area contributed by atoms with Gasteiger partial charge in [-0.15, -0.1) is 0 Å². The number of nitrogens with zero attached hydrogens (tertiary/aromatic N) is 2. The second-order valence-corrected chi connectivity index (χ2v) is 9.15. The molecule has 0 aliphatic rings. The Morgan fingerprint density at radius 2 is 0.611 bits per heavy atom. The molecule has 0 amide bonds. The topological polar surface area (TPSA) is 6.48 Å². The molecule has 0 atom stereocenters. The van der Waals surface area contributed by atoms with Gasteiger partial charge in [-0.05, 0) is 98.5 Å². The van der Waals surface area contributed by atoms with Crippen molar-refractivity contribution in [2.75, 3.05) is 36.0 Å². The number of rotatable bonds is 10. The number of hydrogen-bond donors (Lipinski definition) is 0. The van der Waals surface area contributed by atoms with Gasteiger partial charge in [0.2, 0.25) is 0 Å². The summed E-state index contributed by atoms with van der Waals surface area (Å²) in [5, 5.41) is 0. The van der Waals surface area contributed by atoms with E-state index in [1.54, 1.807) is 0 Å². The molecule has 0 radical (unpaired) electrons. The van der Waals surface area contributed by atoms with Gasteiger partial charge in [-0.3, -0.25) is 0 Å². The quantitative estimate of drug-likeness (QED) is 0.276. The van der Waals surface area contributed by atoms with Crippen molar-refractivity contribution in [3.05, 3.63) is 95.1 Å². The van der Waals surface area contributed by atoms with Crippen LogP contribution in [0.15, 0.2) is 72.8 Å². The highest BCUT2D eigenvalue weighted by atomic mass is 15.1. The molecule has 0 N–H and O–H groups in total. The van der Waals surface area contributed by atoms with E-state index < -0.39 is 0 Å². The SMILES string of the molecule is CCCN(CCC)c1ccc(C#Cc2ccc(C#Cc3ccc(N(CCC)CCC)cc3)cc2)cc1. The third-order valence-corrected chi connectivity index (χ3v) is 6.03. The van der Waals surface area contributed by atoms with Gasteiger partial charge in [-0.1, -0.05) is 51.4 Å². The Balaban J connectivity index is 1.62. The molecule has 0 aliphatic carbocycles. The Kier molecular flexibility index (Phi) is 11.0. The highest BCUT2D eigenvalue weighted by molar-refractivity contribution is 5.54. The second-order valence-electron chi connectivity index (χ2n) is 9.15. The second kappa shape index (κ2) is 14.7. The predicted molar refractivity (Wildman–Crippen MR) is 157 cm³/mol. The van der Waals surface area contributed by atoms with Gasteiger partial charge in [0, 0.05) is 59.8 Å². The molecule has 0 aromatic heterocycles. The molecule has 3 aromatic carbocycles. The van der Waals surface area contributed by atoms with E-state index in [1.165, 1.54) is 11.4 Å². The molecule has 36 heavy (non-hydrogen) atoms. The van der Waals surface area contributed by atoms with Crippen molar-refractivity contribution in [3.63, 3.8) is 0 Å². The van der Waals surface area contributed by atoms with Crippen LogP contribution in [0.4, 0.5) is 11.4 Å². The van der Waals surface area contributed by atoms with E-state index in [2.05, 4.69) is 110 Å². The van der Waals surface area contributed by atoms with Crippen molar-refractivity contribution in [2.24, 2.45) is 0 Å². The van der Waals surface area contributed by atoms with E-state index in [-0.39, 0.29) is 0 Å². The summed E-state index contributed by atoms with van der Waals surface area (Å²) in [6.45, 7) is 13.3. The molecule has 0 unspecified atom stereocenters. The van der Waals surface area contributed by atoms with Crippen molar-refractivity contribution < 1.29 is 0 Å². The lowest BCUT2D eigenvalue weighted by molar-refractivity contribution is 0.745. The van der Waals surface area contributed by atoms with E-state index in [9.17, 15) is 0 Å². The monoisotopic (exact) mass is 476 g/mol.